The van der Waals surface area contributed by atoms with E-state index >= 15 is 0 Å². The molecule has 1 aliphatic rings. The van der Waals surface area contributed by atoms with Gasteiger partial charge in [-0.25, -0.2) is 15.0 Å². The van der Waals surface area contributed by atoms with Gasteiger partial charge in [0, 0.05) is 45.6 Å². The molecule has 8 heteroatoms. The van der Waals surface area contributed by atoms with Gasteiger partial charge in [-0.15, -0.1) is 0 Å². The monoisotopic (exact) mass is 338 g/mol. The summed E-state index contributed by atoms with van der Waals surface area (Å²) in [7, 11) is 3.96. The smallest absolute Gasteiger partial charge is 0.224 e. The molecule has 0 radical (unpaired) electrons. The van der Waals surface area contributed by atoms with Gasteiger partial charge in [-0.1, -0.05) is 0 Å². The maximum atomic E-state index is 4.56. The van der Waals surface area contributed by atoms with Gasteiger partial charge < -0.3 is 20.1 Å². The normalized spacial score (nSPS) is 17.7. The van der Waals surface area contributed by atoms with E-state index in [1.54, 1.807) is 12.5 Å². The van der Waals surface area contributed by atoms with Gasteiger partial charge in [-0.2, -0.15) is 4.98 Å². The van der Waals surface area contributed by atoms with Crippen molar-refractivity contribution < 1.29 is 0 Å². The summed E-state index contributed by atoms with van der Waals surface area (Å²) < 4.78 is 0. The Morgan fingerprint density at radius 3 is 3.04 bits per heavy atom. The van der Waals surface area contributed by atoms with Crippen LogP contribution in [0.2, 0.25) is 0 Å². The topological polar surface area (TPSA) is 85.9 Å². The van der Waals surface area contributed by atoms with Crippen molar-refractivity contribution in [3.8, 4) is 0 Å². The summed E-state index contributed by atoms with van der Waals surface area (Å²) in [4.78, 5) is 25.1. The third kappa shape index (κ3) is 3.19. The summed E-state index contributed by atoms with van der Waals surface area (Å²) >= 11 is 0. The van der Waals surface area contributed by atoms with E-state index in [1.165, 1.54) is 0 Å². The molecule has 0 aliphatic carbocycles. The van der Waals surface area contributed by atoms with Crippen LogP contribution in [0.1, 0.15) is 12.8 Å². The predicted octanol–water partition coefficient (Wildman–Crippen LogP) is 1.89. The van der Waals surface area contributed by atoms with Crippen molar-refractivity contribution in [2.75, 3.05) is 42.3 Å². The van der Waals surface area contributed by atoms with E-state index in [2.05, 4.69) is 35.1 Å². The summed E-state index contributed by atoms with van der Waals surface area (Å²) in [5, 5.41) is 4.54. The molecule has 0 spiro atoms. The molecule has 25 heavy (non-hydrogen) atoms. The van der Waals surface area contributed by atoms with Crippen molar-refractivity contribution in [2.24, 2.45) is 0 Å². The minimum Gasteiger partial charge on any atom is -0.363 e. The van der Waals surface area contributed by atoms with Crippen molar-refractivity contribution in [3.05, 3.63) is 30.9 Å². The van der Waals surface area contributed by atoms with Crippen LogP contribution in [0.5, 0.6) is 0 Å². The van der Waals surface area contributed by atoms with Crippen LogP contribution in [0.3, 0.4) is 0 Å². The Kier molecular flexibility index (Phi) is 4.09. The van der Waals surface area contributed by atoms with Crippen LogP contribution in [0.25, 0.3) is 11.0 Å². The second-order valence-corrected chi connectivity index (χ2v) is 6.50. The molecule has 130 valence electrons. The van der Waals surface area contributed by atoms with E-state index < -0.39 is 0 Å². The lowest BCUT2D eigenvalue weighted by molar-refractivity contribution is 0.525. The third-order valence-corrected chi connectivity index (χ3v) is 4.49. The van der Waals surface area contributed by atoms with E-state index in [9.17, 15) is 0 Å². The van der Waals surface area contributed by atoms with Crippen LogP contribution in [0, 0.1) is 0 Å². The first kappa shape index (κ1) is 15.6. The lowest BCUT2D eigenvalue weighted by Crippen LogP contribution is -2.43. The predicted molar refractivity (Wildman–Crippen MR) is 99.1 cm³/mol. The number of aromatic nitrogens is 5. The van der Waals surface area contributed by atoms with Crippen molar-refractivity contribution in [1.29, 1.82) is 0 Å². The number of anilines is 3. The van der Waals surface area contributed by atoms with E-state index in [4.69, 9.17) is 0 Å². The van der Waals surface area contributed by atoms with Gasteiger partial charge in [0.05, 0.1) is 5.39 Å². The first-order valence-corrected chi connectivity index (χ1v) is 8.50. The van der Waals surface area contributed by atoms with Gasteiger partial charge >= 0.3 is 0 Å². The minimum absolute atomic E-state index is 0.287. The Balaban J connectivity index is 1.51. The highest BCUT2D eigenvalue weighted by Crippen LogP contribution is 2.25. The molecule has 3 aromatic rings. The Morgan fingerprint density at radius 2 is 2.16 bits per heavy atom. The fourth-order valence-corrected chi connectivity index (χ4v) is 3.25. The molecule has 1 atom stereocenters. The highest BCUT2D eigenvalue weighted by Gasteiger charge is 2.23. The molecule has 0 aromatic carbocycles. The number of hydrogen-bond acceptors (Lipinski definition) is 7. The second-order valence-electron chi connectivity index (χ2n) is 6.50. The van der Waals surface area contributed by atoms with E-state index in [1.807, 2.05) is 37.3 Å². The van der Waals surface area contributed by atoms with Crippen LogP contribution in [0.4, 0.5) is 17.6 Å². The van der Waals surface area contributed by atoms with E-state index in [0.717, 1.165) is 48.6 Å². The van der Waals surface area contributed by atoms with Crippen LogP contribution < -0.4 is 15.1 Å². The van der Waals surface area contributed by atoms with Crippen molar-refractivity contribution in [3.63, 3.8) is 0 Å². The van der Waals surface area contributed by atoms with Gasteiger partial charge in [0.1, 0.15) is 23.6 Å². The van der Waals surface area contributed by atoms with Gasteiger partial charge in [0.2, 0.25) is 5.95 Å². The number of nitrogens with zero attached hydrogens (tertiary/aromatic N) is 6. The van der Waals surface area contributed by atoms with Gasteiger partial charge in [0.25, 0.3) is 0 Å². The molecule has 0 bridgehead atoms. The number of fused-ring (bicyclic) bond motifs is 1. The largest absolute Gasteiger partial charge is 0.363 e. The first-order valence-electron chi connectivity index (χ1n) is 8.50. The fraction of sp³-hybridized carbons (Fsp3) is 0.412. The maximum absolute atomic E-state index is 4.56. The standard InChI is InChI=1S/C17H22N8/c1-24(2)14-6-8-19-17(23-14)22-12-4-3-9-25(10-12)16-13-5-7-18-15(13)20-11-21-16/h5-8,11-12H,3-4,9-10H2,1-2H3,(H,18,20,21)(H,19,22,23). The Morgan fingerprint density at radius 1 is 1.24 bits per heavy atom. The Hall–Kier alpha value is -2.90. The molecule has 1 unspecified atom stereocenters. The van der Waals surface area contributed by atoms with Gasteiger partial charge in [0.15, 0.2) is 0 Å². The molecule has 0 amide bonds. The fourth-order valence-electron chi connectivity index (χ4n) is 3.25. The third-order valence-electron chi connectivity index (χ3n) is 4.49. The molecule has 1 aliphatic heterocycles. The molecule has 3 aromatic heterocycles. The number of rotatable bonds is 4. The number of piperidine rings is 1. The van der Waals surface area contributed by atoms with Crippen LogP contribution in [-0.2, 0) is 0 Å². The molecule has 4 heterocycles. The maximum Gasteiger partial charge on any atom is 0.224 e. The van der Waals surface area contributed by atoms with Crippen molar-refractivity contribution >= 4 is 28.6 Å². The summed E-state index contributed by atoms with van der Waals surface area (Å²) in [6, 6.07) is 4.22. The zero-order chi connectivity index (χ0) is 17.2. The number of nitrogens with one attached hydrogen (secondary N) is 2. The number of H-pyrrole nitrogens is 1. The van der Waals surface area contributed by atoms with E-state index in [0.29, 0.717) is 5.95 Å². The highest BCUT2D eigenvalue weighted by molar-refractivity contribution is 5.87. The second kappa shape index (κ2) is 6.54. The minimum atomic E-state index is 0.287. The summed E-state index contributed by atoms with van der Waals surface area (Å²) in [5.41, 5.74) is 0.877. The lowest BCUT2D eigenvalue weighted by atomic mass is 10.1. The molecule has 8 nitrogen and oxygen atoms in total. The Bertz CT molecular complexity index is 858. The zero-order valence-corrected chi connectivity index (χ0v) is 14.5. The quantitative estimate of drug-likeness (QED) is 0.751. The van der Waals surface area contributed by atoms with Crippen molar-refractivity contribution in [1.82, 2.24) is 24.9 Å². The number of hydrogen-bond donors (Lipinski definition) is 2. The average molecular weight is 338 g/mol. The summed E-state index contributed by atoms with van der Waals surface area (Å²) in [5.74, 6) is 2.56. The highest BCUT2D eigenvalue weighted by atomic mass is 15.3. The van der Waals surface area contributed by atoms with Gasteiger partial charge in [-0.3, -0.25) is 0 Å². The summed E-state index contributed by atoms with van der Waals surface area (Å²) in [6.45, 7) is 1.86. The SMILES string of the molecule is CN(C)c1ccnc(NC2CCCN(c3ncnc4[nH]ccc34)C2)n1. The molecular formula is C17H22N8. The molecule has 1 fully saturated rings. The Labute approximate surface area is 146 Å². The summed E-state index contributed by atoms with van der Waals surface area (Å²) in [6.07, 6.45) is 7.51. The molecule has 1 saturated heterocycles. The molecule has 0 saturated carbocycles. The zero-order valence-electron chi connectivity index (χ0n) is 14.5. The molecule has 4 rings (SSSR count). The lowest BCUT2D eigenvalue weighted by Gasteiger charge is -2.34. The van der Waals surface area contributed by atoms with Crippen molar-refractivity contribution in [2.45, 2.75) is 18.9 Å². The van der Waals surface area contributed by atoms with E-state index in [-0.39, 0.29) is 6.04 Å². The molecular weight excluding hydrogens is 316 g/mol. The van der Waals surface area contributed by atoms with Crippen LogP contribution in [-0.4, -0.2) is 58.1 Å². The molecule has 2 N–H and O–H groups in total. The van der Waals surface area contributed by atoms with Crippen LogP contribution >= 0.6 is 0 Å². The van der Waals surface area contributed by atoms with Gasteiger partial charge in [-0.05, 0) is 25.0 Å². The number of aromatic amines is 1. The average Bonchev–Trinajstić information content (AvgIpc) is 3.11. The van der Waals surface area contributed by atoms with Crippen LogP contribution in [0.15, 0.2) is 30.9 Å². The first-order chi connectivity index (χ1) is 12.2.